The molecule has 1 aliphatic heterocycles. The molecule has 0 saturated heterocycles. The predicted molar refractivity (Wildman–Crippen MR) is 97.3 cm³/mol. The lowest BCUT2D eigenvalue weighted by atomic mass is 9.77. The van der Waals surface area contributed by atoms with E-state index >= 15 is 0 Å². The fourth-order valence-corrected chi connectivity index (χ4v) is 6.80. The average molecular weight is 421 g/mol. The zero-order chi connectivity index (χ0) is 20.7. The first-order chi connectivity index (χ1) is 13.7. The Morgan fingerprint density at radius 2 is 1.76 bits per heavy atom. The van der Waals surface area contributed by atoms with Gasteiger partial charge in [-0.2, -0.15) is 8.42 Å². The number of rotatable bonds is 4. The molecule has 0 aromatic carbocycles. The molecule has 5 rings (SSSR count). The summed E-state index contributed by atoms with van der Waals surface area (Å²) in [7, 11) is -2.94. The Labute approximate surface area is 166 Å². The Hall–Kier alpha value is -2.46. The summed E-state index contributed by atoms with van der Waals surface area (Å²) in [5.41, 5.74) is -0.224. The molecule has 2 amide bonds. The number of esters is 1. The highest BCUT2D eigenvalue weighted by molar-refractivity contribution is 7.87. The molecule has 154 valence electrons. The third-order valence-electron chi connectivity index (χ3n) is 6.76. The van der Waals surface area contributed by atoms with Crippen molar-refractivity contribution in [2.75, 3.05) is 7.11 Å². The number of amides is 2. The molecule has 29 heavy (non-hydrogen) atoms. The minimum atomic E-state index is -4.26. The van der Waals surface area contributed by atoms with Gasteiger partial charge in [0, 0.05) is 0 Å². The fourth-order valence-electron chi connectivity index (χ4n) is 5.36. The zero-order valence-electron chi connectivity index (χ0n) is 15.8. The van der Waals surface area contributed by atoms with Crippen LogP contribution in [0.3, 0.4) is 0 Å². The lowest BCUT2D eigenvalue weighted by Crippen LogP contribution is -2.40. The van der Waals surface area contributed by atoms with Crippen LogP contribution in [-0.4, -0.2) is 43.6 Å². The van der Waals surface area contributed by atoms with E-state index in [1.807, 2.05) is 0 Å². The Morgan fingerprint density at radius 1 is 1.14 bits per heavy atom. The van der Waals surface area contributed by atoms with E-state index < -0.39 is 32.6 Å². The molecule has 0 radical (unpaired) electrons. The van der Waals surface area contributed by atoms with Crippen LogP contribution in [0.4, 0.5) is 0 Å². The van der Waals surface area contributed by atoms with Gasteiger partial charge in [-0.25, -0.2) is 0 Å². The third-order valence-corrected chi connectivity index (χ3v) is 8.32. The van der Waals surface area contributed by atoms with Crippen molar-refractivity contribution >= 4 is 39.1 Å². The van der Waals surface area contributed by atoms with Gasteiger partial charge in [-0.1, -0.05) is 0 Å². The maximum atomic E-state index is 12.9. The minimum Gasteiger partial charge on any atom is -0.469 e. The van der Waals surface area contributed by atoms with E-state index in [2.05, 4.69) is 0 Å². The zero-order valence-corrected chi connectivity index (χ0v) is 16.7. The summed E-state index contributed by atoms with van der Waals surface area (Å²) in [4.78, 5) is 37.4. The summed E-state index contributed by atoms with van der Waals surface area (Å²) >= 11 is 0. The van der Waals surface area contributed by atoms with E-state index in [9.17, 15) is 22.8 Å². The number of fused-ring (bicyclic) bond motifs is 7. The maximum Gasteiger partial charge on any atom is 0.311 e. The quantitative estimate of drug-likeness (QED) is 0.544. The first-order valence-corrected chi connectivity index (χ1v) is 10.9. The molecule has 10 heteroatoms. The molecular formula is C19H19NO8S. The number of imide groups is 1. The van der Waals surface area contributed by atoms with Crippen LogP contribution in [0.1, 0.15) is 53.3 Å². The van der Waals surface area contributed by atoms with Gasteiger partial charge in [-0.3, -0.25) is 14.4 Å². The topological polar surface area (TPSA) is 120 Å². The fraction of sp³-hybridized carbons (Fsp3) is 0.526. The van der Waals surface area contributed by atoms with Crippen LogP contribution in [0.25, 0.3) is 11.2 Å². The van der Waals surface area contributed by atoms with E-state index in [0.29, 0.717) is 17.9 Å². The van der Waals surface area contributed by atoms with Gasteiger partial charge in [0.05, 0.1) is 17.8 Å². The lowest BCUT2D eigenvalue weighted by molar-refractivity contribution is -0.154. The summed E-state index contributed by atoms with van der Waals surface area (Å²) < 4.78 is 41.1. The van der Waals surface area contributed by atoms with Crippen LogP contribution in [-0.2, 0) is 23.9 Å². The SMILES string of the molecule is COC(=O)C1(C)CC2CC1CC(S(=O)(=O)ON1C(=O)c3c(c4ccc3o4)C1=O)C2. The largest absolute Gasteiger partial charge is 0.469 e. The van der Waals surface area contributed by atoms with Crippen molar-refractivity contribution in [1.82, 2.24) is 5.06 Å². The first-order valence-electron chi connectivity index (χ1n) is 9.41. The molecule has 4 unspecified atom stereocenters. The van der Waals surface area contributed by atoms with Crippen molar-refractivity contribution in [3.8, 4) is 0 Å². The Bertz CT molecular complexity index is 1110. The molecule has 4 bridgehead atoms. The van der Waals surface area contributed by atoms with Crippen molar-refractivity contribution in [2.24, 2.45) is 17.3 Å². The smallest absolute Gasteiger partial charge is 0.311 e. The van der Waals surface area contributed by atoms with E-state index in [4.69, 9.17) is 13.4 Å². The van der Waals surface area contributed by atoms with E-state index in [1.54, 1.807) is 19.1 Å². The van der Waals surface area contributed by atoms with Crippen molar-refractivity contribution < 1.29 is 36.2 Å². The van der Waals surface area contributed by atoms with Gasteiger partial charge in [0.1, 0.15) is 22.3 Å². The van der Waals surface area contributed by atoms with Gasteiger partial charge in [0.2, 0.25) is 0 Å². The molecule has 9 nitrogen and oxygen atoms in total. The number of hydroxylamine groups is 2. The van der Waals surface area contributed by atoms with Gasteiger partial charge >= 0.3 is 5.97 Å². The van der Waals surface area contributed by atoms with Gasteiger partial charge in [0.25, 0.3) is 21.9 Å². The number of hydrogen-bond acceptors (Lipinski definition) is 8. The summed E-state index contributed by atoms with van der Waals surface area (Å²) in [6.45, 7) is 1.80. The molecule has 3 aliphatic rings. The maximum absolute atomic E-state index is 12.9. The number of carbonyl (C=O) groups is 3. The molecule has 0 N–H and O–H groups in total. The summed E-state index contributed by atoms with van der Waals surface area (Å²) in [5.74, 6) is -2.16. The lowest BCUT2D eigenvalue weighted by Gasteiger charge is -2.31. The van der Waals surface area contributed by atoms with E-state index in [0.717, 1.165) is 6.42 Å². The molecule has 4 atom stereocenters. The van der Waals surface area contributed by atoms with E-state index in [1.165, 1.54) is 7.11 Å². The molecule has 0 spiro atoms. The number of ether oxygens (including phenoxy) is 1. The number of furan rings is 2. The molecular weight excluding hydrogens is 402 g/mol. The standard InChI is InChI=1S/C19H19NO8S/c1-19(18(23)26-2)8-9-5-10(19)7-11(6-9)29(24,25)28-20-16(21)14-12-3-4-13(27-12)15(14)17(20)22/h3-4,9-11H,5-8H2,1-2H3. The number of carbonyl (C=O) groups excluding carboxylic acids is 3. The summed E-state index contributed by atoms with van der Waals surface area (Å²) in [6, 6.07) is 3.09. The highest BCUT2D eigenvalue weighted by atomic mass is 32.2. The van der Waals surface area contributed by atoms with Crippen LogP contribution in [0.2, 0.25) is 0 Å². The van der Waals surface area contributed by atoms with Crippen LogP contribution < -0.4 is 0 Å². The van der Waals surface area contributed by atoms with Crippen molar-refractivity contribution in [3.63, 3.8) is 0 Å². The van der Waals surface area contributed by atoms with Gasteiger partial charge < -0.3 is 9.15 Å². The molecule has 2 aromatic heterocycles. The average Bonchev–Trinajstić information content (AvgIpc) is 3.41. The molecule has 2 aliphatic carbocycles. The number of hydrogen-bond donors (Lipinski definition) is 0. The molecule has 2 aromatic rings. The second-order valence-corrected chi connectivity index (χ2v) is 10.2. The Balaban J connectivity index is 1.38. The minimum absolute atomic E-state index is 0.0321. The van der Waals surface area contributed by atoms with Crippen molar-refractivity contribution in [3.05, 3.63) is 23.3 Å². The monoisotopic (exact) mass is 421 g/mol. The van der Waals surface area contributed by atoms with Crippen LogP contribution in [0, 0.1) is 17.3 Å². The van der Waals surface area contributed by atoms with Gasteiger partial charge in [-0.05, 0) is 56.6 Å². The van der Waals surface area contributed by atoms with Gasteiger partial charge in [0.15, 0.2) is 0 Å². The molecule has 2 saturated carbocycles. The Kier molecular flexibility index (Phi) is 3.71. The third kappa shape index (κ3) is 2.42. The highest BCUT2D eigenvalue weighted by Crippen LogP contribution is 2.55. The predicted octanol–water partition coefficient (Wildman–Crippen LogP) is 2.10. The van der Waals surface area contributed by atoms with E-state index in [-0.39, 0.29) is 46.5 Å². The van der Waals surface area contributed by atoms with Crippen molar-refractivity contribution in [2.45, 2.75) is 37.9 Å². The second-order valence-electron chi connectivity index (χ2n) is 8.39. The first kappa shape index (κ1) is 18.6. The number of methoxy groups -OCH3 is 1. The summed E-state index contributed by atoms with van der Waals surface area (Å²) in [6.07, 6.45) is 1.82. The van der Waals surface area contributed by atoms with Gasteiger partial charge in [-0.15, -0.1) is 9.35 Å². The van der Waals surface area contributed by atoms with Crippen molar-refractivity contribution in [1.29, 1.82) is 0 Å². The van der Waals surface area contributed by atoms with Crippen LogP contribution in [0.15, 0.2) is 16.5 Å². The van der Waals surface area contributed by atoms with Crippen LogP contribution >= 0.6 is 0 Å². The Morgan fingerprint density at radius 3 is 2.34 bits per heavy atom. The summed E-state index contributed by atoms with van der Waals surface area (Å²) in [5, 5.41) is -0.592. The number of benzene rings is 1. The molecule has 3 heterocycles. The second kappa shape index (κ2) is 5.79. The molecule has 2 fully saturated rings. The number of nitrogens with zero attached hydrogens (tertiary/aromatic N) is 1. The van der Waals surface area contributed by atoms with Crippen LogP contribution in [0.5, 0.6) is 0 Å². The normalized spacial score (nSPS) is 31.7. The highest BCUT2D eigenvalue weighted by Gasteiger charge is 2.56.